The molecule has 3 aliphatic carbocycles. The minimum atomic E-state index is 0.833. The van der Waals surface area contributed by atoms with Crippen molar-refractivity contribution in [2.75, 3.05) is 0 Å². The Bertz CT molecular complexity index is 5410. The van der Waals surface area contributed by atoms with E-state index in [1.165, 1.54) is 158 Å². The molecule has 19 rings (SSSR count). The standard InChI is InChI=1S/C73H40N4S/c1-2-14-40(15-3-1)55-23-13-26-63(75-55)77-57-34-32-52-45(30-31-53-48-18-5-7-20-51(48)69-67-54-21-8-9-24-60(54)78-61(67)39-59(77)73(69)71(57)66(52)53)42-27-29-46-43(36-42)37-44-38-58-72-68(65(44)46)50-19-6-4-17-47(50)49-22-12-16-41-28-33-56(70(72)64(41)49)76(58)62-25-10-11-35-74-62/h1-36,38-39H,37H2. The Labute approximate surface area is 451 Å². The second kappa shape index (κ2) is 14.9. The van der Waals surface area contributed by atoms with E-state index >= 15 is 0 Å². The lowest BCUT2D eigenvalue weighted by Crippen LogP contribution is -1.99. The second-order valence-electron chi connectivity index (χ2n) is 21.4. The summed E-state index contributed by atoms with van der Waals surface area (Å²) in [5, 5.41) is 12.9. The van der Waals surface area contributed by atoms with Gasteiger partial charge in [-0.15, -0.1) is 11.3 Å². The molecular weight excluding hydrogens is 965 g/mol. The van der Waals surface area contributed by atoms with Crippen molar-refractivity contribution >= 4 is 96.7 Å². The molecule has 5 heteroatoms. The van der Waals surface area contributed by atoms with Crippen LogP contribution in [0.2, 0.25) is 0 Å². The number of fused-ring (bicyclic) bond motifs is 14. The average molecular weight is 1010 g/mol. The predicted molar refractivity (Wildman–Crippen MR) is 327 cm³/mol. The van der Waals surface area contributed by atoms with Gasteiger partial charge in [0.15, 0.2) is 0 Å². The smallest absolute Gasteiger partial charge is 0.138 e. The Balaban J connectivity index is 0.882. The molecule has 0 amide bonds. The maximum atomic E-state index is 5.47. The normalized spacial score (nSPS) is 12.8. The first kappa shape index (κ1) is 41.3. The predicted octanol–water partition coefficient (Wildman–Crippen LogP) is 19.5. The van der Waals surface area contributed by atoms with E-state index in [-0.39, 0.29) is 0 Å². The van der Waals surface area contributed by atoms with Crippen molar-refractivity contribution < 1.29 is 0 Å². The maximum Gasteiger partial charge on any atom is 0.138 e. The van der Waals surface area contributed by atoms with Gasteiger partial charge < -0.3 is 0 Å². The Morgan fingerprint density at radius 1 is 0.333 bits per heavy atom. The van der Waals surface area contributed by atoms with Crippen LogP contribution >= 0.6 is 11.3 Å². The quantitative estimate of drug-likeness (QED) is 0.176. The van der Waals surface area contributed by atoms with Crippen LogP contribution in [0.15, 0.2) is 231 Å². The summed E-state index contributed by atoms with van der Waals surface area (Å²) in [4.78, 5) is 10.5. The minimum Gasteiger partial charge on any atom is -0.294 e. The highest BCUT2D eigenvalue weighted by Crippen LogP contribution is 2.58. The molecule has 78 heavy (non-hydrogen) atoms. The number of aromatic nitrogens is 4. The first-order valence-electron chi connectivity index (χ1n) is 26.9. The van der Waals surface area contributed by atoms with E-state index in [1.54, 1.807) is 0 Å². The Morgan fingerprint density at radius 2 is 1.00 bits per heavy atom. The van der Waals surface area contributed by atoms with E-state index in [1.807, 2.05) is 23.6 Å². The van der Waals surface area contributed by atoms with Crippen LogP contribution in [-0.2, 0) is 6.42 Å². The van der Waals surface area contributed by atoms with Crippen molar-refractivity contribution in [3.05, 3.63) is 242 Å². The summed E-state index contributed by atoms with van der Waals surface area (Å²) in [7, 11) is 0. The maximum absolute atomic E-state index is 5.47. The monoisotopic (exact) mass is 1000 g/mol. The second-order valence-corrected chi connectivity index (χ2v) is 22.5. The van der Waals surface area contributed by atoms with Crippen molar-refractivity contribution in [2.45, 2.75) is 6.42 Å². The molecule has 0 N–H and O–H groups in total. The molecule has 0 spiro atoms. The zero-order valence-electron chi connectivity index (χ0n) is 41.8. The number of hydrogen-bond acceptors (Lipinski definition) is 3. The number of pyridine rings is 2. The molecule has 0 aliphatic heterocycles. The van der Waals surface area contributed by atoms with Crippen molar-refractivity contribution in [2.24, 2.45) is 0 Å². The minimum absolute atomic E-state index is 0.833. The van der Waals surface area contributed by atoms with Gasteiger partial charge in [0.2, 0.25) is 0 Å². The van der Waals surface area contributed by atoms with Crippen LogP contribution in [0, 0.1) is 0 Å². The number of benzene rings is 11. The summed E-state index contributed by atoms with van der Waals surface area (Å²) in [6.07, 6.45) is 2.75. The van der Waals surface area contributed by atoms with Gasteiger partial charge in [-0.25, -0.2) is 9.97 Å². The van der Waals surface area contributed by atoms with Gasteiger partial charge in [0.05, 0.1) is 27.8 Å². The molecule has 0 saturated carbocycles. The number of rotatable bonds is 4. The largest absolute Gasteiger partial charge is 0.294 e. The molecule has 0 bridgehead atoms. The van der Waals surface area contributed by atoms with E-state index in [0.29, 0.717) is 0 Å². The van der Waals surface area contributed by atoms with Gasteiger partial charge in [-0.1, -0.05) is 170 Å². The van der Waals surface area contributed by atoms with Gasteiger partial charge in [0.25, 0.3) is 0 Å². The molecular formula is C73H40N4S. The molecule has 5 heterocycles. The fourth-order valence-electron chi connectivity index (χ4n) is 14.6. The van der Waals surface area contributed by atoms with Gasteiger partial charge in [-0.3, -0.25) is 9.13 Å². The third-order valence-electron chi connectivity index (χ3n) is 17.6. The van der Waals surface area contributed by atoms with Gasteiger partial charge in [-0.2, -0.15) is 0 Å². The van der Waals surface area contributed by atoms with Gasteiger partial charge in [-0.05, 0) is 144 Å². The topological polar surface area (TPSA) is 35.6 Å². The summed E-state index contributed by atoms with van der Waals surface area (Å²) in [6.45, 7) is 0. The van der Waals surface area contributed by atoms with Gasteiger partial charge >= 0.3 is 0 Å². The first-order chi connectivity index (χ1) is 38.7. The van der Waals surface area contributed by atoms with E-state index < -0.39 is 0 Å². The van der Waals surface area contributed by atoms with E-state index in [4.69, 9.17) is 9.97 Å². The van der Waals surface area contributed by atoms with Crippen LogP contribution in [0.4, 0.5) is 0 Å². The summed E-state index contributed by atoms with van der Waals surface area (Å²) < 4.78 is 7.44. The zero-order chi connectivity index (χ0) is 50.5. The lowest BCUT2D eigenvalue weighted by molar-refractivity contribution is 1.08. The van der Waals surface area contributed by atoms with E-state index in [0.717, 1.165) is 34.8 Å². The molecule has 3 aliphatic rings. The summed E-state index contributed by atoms with van der Waals surface area (Å²) in [6, 6.07) is 83.8. The molecule has 0 radical (unpaired) electrons. The Morgan fingerprint density at radius 3 is 1.86 bits per heavy atom. The van der Waals surface area contributed by atoms with Crippen LogP contribution in [0.1, 0.15) is 11.1 Å². The summed E-state index contributed by atoms with van der Waals surface area (Å²) in [5.74, 6) is 1.85. The van der Waals surface area contributed by atoms with Crippen LogP contribution in [0.25, 0.3) is 175 Å². The highest BCUT2D eigenvalue weighted by Gasteiger charge is 2.34. The number of hydrogen-bond donors (Lipinski definition) is 0. The third-order valence-corrected chi connectivity index (χ3v) is 18.8. The van der Waals surface area contributed by atoms with Crippen molar-refractivity contribution in [1.82, 2.24) is 19.1 Å². The zero-order valence-corrected chi connectivity index (χ0v) is 42.7. The van der Waals surface area contributed by atoms with Crippen LogP contribution < -0.4 is 0 Å². The van der Waals surface area contributed by atoms with Crippen LogP contribution in [0.3, 0.4) is 0 Å². The lowest BCUT2D eigenvalue weighted by Gasteiger charge is -2.17. The molecule has 0 fully saturated rings. The summed E-state index contributed by atoms with van der Waals surface area (Å²) in [5.41, 5.74) is 24.9. The highest BCUT2D eigenvalue weighted by molar-refractivity contribution is 7.26. The third kappa shape index (κ3) is 5.24. The highest BCUT2D eigenvalue weighted by atomic mass is 32.1. The fraction of sp³-hybridized carbons (Fsp3) is 0.0137. The summed E-state index contributed by atoms with van der Waals surface area (Å²) >= 11 is 1.89. The molecule has 358 valence electrons. The number of nitrogens with zero attached hydrogens (tertiary/aromatic N) is 4. The van der Waals surface area contributed by atoms with Crippen LogP contribution in [-0.4, -0.2) is 19.1 Å². The molecule has 0 saturated heterocycles. The van der Waals surface area contributed by atoms with Gasteiger partial charge in [0.1, 0.15) is 11.6 Å². The van der Waals surface area contributed by atoms with Crippen LogP contribution in [0.5, 0.6) is 0 Å². The molecule has 5 aromatic heterocycles. The fourth-order valence-corrected chi connectivity index (χ4v) is 15.8. The molecule has 4 nitrogen and oxygen atoms in total. The molecule has 11 aromatic carbocycles. The SMILES string of the molecule is c1ccc(-c2cccc(-n3c4cc5sc6ccccc6c5c5c4c4c6c(ccc(-c7ccc8c(c7)Cc7cc9c%10c(c7-8)-c7ccccc7-c7cccc8ccc(c%10c78)n9-c7ccccn7)c6ccc43)-c3ccccc3-5)n2)cc1. The Hall–Kier alpha value is -9.94. The van der Waals surface area contributed by atoms with Crippen molar-refractivity contribution in [1.29, 1.82) is 0 Å². The molecule has 16 aromatic rings. The first-order valence-corrected chi connectivity index (χ1v) is 27.7. The van der Waals surface area contributed by atoms with E-state index in [2.05, 4.69) is 228 Å². The number of thiophene rings is 1. The van der Waals surface area contributed by atoms with Crippen molar-refractivity contribution in [3.63, 3.8) is 0 Å². The molecule has 0 unspecified atom stereocenters. The average Bonchev–Trinajstić information content (AvgIpc) is 4.41. The van der Waals surface area contributed by atoms with Crippen molar-refractivity contribution in [3.8, 4) is 89.7 Å². The Kier molecular flexibility index (Phi) is 7.90. The molecule has 0 atom stereocenters. The lowest BCUT2D eigenvalue weighted by atomic mass is 9.87. The van der Waals surface area contributed by atoms with Gasteiger partial charge in [0, 0.05) is 70.0 Å². The van der Waals surface area contributed by atoms with E-state index in [9.17, 15) is 0 Å².